The molecule has 29 heavy (non-hydrogen) atoms. The number of likely N-dealkylation sites (tertiary alicyclic amines) is 1. The van der Waals surface area contributed by atoms with E-state index in [4.69, 9.17) is 16.1 Å². The standard InChI is InChI=1S/C19H23ClFN5O3/c1-22-18(27)25-6-2-3-12(10-25)26(11-4-5-11)19(28)23-9-16-13-7-14(20)15(21)8-17(13)29-24-16/h7-8,11-12H,2-6,9-10H2,1H3,(H,22,27)(H,23,28)/t12-/m1/s1. The maximum absolute atomic E-state index is 13.6. The van der Waals surface area contributed by atoms with E-state index in [-0.39, 0.29) is 41.3 Å². The number of rotatable bonds is 4. The summed E-state index contributed by atoms with van der Waals surface area (Å²) in [7, 11) is 1.61. The Morgan fingerprint density at radius 1 is 1.34 bits per heavy atom. The van der Waals surface area contributed by atoms with Crippen LogP contribution in [0.3, 0.4) is 0 Å². The highest BCUT2D eigenvalue weighted by Gasteiger charge is 2.39. The Morgan fingerprint density at radius 2 is 2.14 bits per heavy atom. The van der Waals surface area contributed by atoms with E-state index < -0.39 is 5.82 Å². The van der Waals surface area contributed by atoms with Crippen LogP contribution in [-0.4, -0.2) is 59.2 Å². The molecule has 2 heterocycles. The lowest BCUT2D eigenvalue weighted by Gasteiger charge is -2.39. The zero-order valence-electron chi connectivity index (χ0n) is 16.1. The van der Waals surface area contributed by atoms with Crippen molar-refractivity contribution < 1.29 is 18.5 Å². The first kappa shape index (κ1) is 19.8. The Balaban J connectivity index is 1.45. The quantitative estimate of drug-likeness (QED) is 0.790. The molecule has 0 spiro atoms. The molecule has 1 aliphatic heterocycles. The van der Waals surface area contributed by atoms with Crippen LogP contribution in [0.2, 0.25) is 5.02 Å². The van der Waals surface area contributed by atoms with Crippen LogP contribution in [0.5, 0.6) is 0 Å². The molecule has 1 aromatic heterocycles. The van der Waals surface area contributed by atoms with Gasteiger partial charge in [0.05, 0.1) is 17.6 Å². The molecule has 0 bridgehead atoms. The van der Waals surface area contributed by atoms with Crippen LogP contribution in [0.25, 0.3) is 11.0 Å². The molecule has 2 N–H and O–H groups in total. The fraction of sp³-hybridized carbons (Fsp3) is 0.526. The summed E-state index contributed by atoms with van der Waals surface area (Å²) in [4.78, 5) is 28.6. The smallest absolute Gasteiger partial charge is 0.318 e. The lowest BCUT2D eigenvalue weighted by Crippen LogP contribution is -2.56. The Kier molecular flexibility index (Phi) is 5.49. The number of fused-ring (bicyclic) bond motifs is 1. The molecule has 0 unspecified atom stereocenters. The lowest BCUT2D eigenvalue weighted by atomic mass is 10.0. The van der Waals surface area contributed by atoms with Gasteiger partial charge in [-0.05, 0) is 31.7 Å². The van der Waals surface area contributed by atoms with Crippen LogP contribution in [0.15, 0.2) is 16.7 Å². The minimum Gasteiger partial charge on any atom is -0.356 e. The second-order valence-corrected chi connectivity index (χ2v) is 7.89. The van der Waals surface area contributed by atoms with Crippen molar-refractivity contribution in [2.45, 2.75) is 44.3 Å². The van der Waals surface area contributed by atoms with E-state index in [1.165, 1.54) is 12.1 Å². The molecule has 10 heteroatoms. The topological polar surface area (TPSA) is 90.7 Å². The highest BCUT2D eigenvalue weighted by atomic mass is 35.5. The van der Waals surface area contributed by atoms with E-state index in [1.807, 2.05) is 4.90 Å². The van der Waals surface area contributed by atoms with Crippen LogP contribution >= 0.6 is 11.6 Å². The summed E-state index contributed by atoms with van der Waals surface area (Å²) >= 11 is 5.85. The summed E-state index contributed by atoms with van der Waals surface area (Å²) in [5, 5.41) is 10.0. The van der Waals surface area contributed by atoms with Crippen LogP contribution in [0.1, 0.15) is 31.4 Å². The highest BCUT2D eigenvalue weighted by molar-refractivity contribution is 6.31. The summed E-state index contributed by atoms with van der Waals surface area (Å²) in [6, 6.07) is 2.49. The van der Waals surface area contributed by atoms with Crippen LogP contribution in [-0.2, 0) is 6.54 Å². The van der Waals surface area contributed by atoms with E-state index in [1.54, 1.807) is 11.9 Å². The molecule has 1 saturated heterocycles. The molecule has 1 aliphatic carbocycles. The van der Waals surface area contributed by atoms with Crippen molar-refractivity contribution in [1.82, 2.24) is 25.6 Å². The second kappa shape index (κ2) is 8.06. The molecule has 1 atom stereocenters. The van der Waals surface area contributed by atoms with Crippen molar-refractivity contribution in [1.29, 1.82) is 0 Å². The summed E-state index contributed by atoms with van der Waals surface area (Å²) < 4.78 is 18.7. The number of urea groups is 2. The Morgan fingerprint density at radius 3 is 2.86 bits per heavy atom. The van der Waals surface area contributed by atoms with Gasteiger partial charge in [0.1, 0.15) is 11.5 Å². The van der Waals surface area contributed by atoms with Gasteiger partial charge in [-0.15, -0.1) is 0 Å². The first-order valence-electron chi connectivity index (χ1n) is 9.74. The number of nitrogens with one attached hydrogen (secondary N) is 2. The molecule has 4 amide bonds. The average Bonchev–Trinajstić information content (AvgIpc) is 3.48. The Bertz CT molecular complexity index is 932. The van der Waals surface area contributed by atoms with Crippen LogP contribution < -0.4 is 10.6 Å². The van der Waals surface area contributed by atoms with Gasteiger partial charge in [-0.1, -0.05) is 16.8 Å². The van der Waals surface area contributed by atoms with Gasteiger partial charge in [-0.3, -0.25) is 0 Å². The van der Waals surface area contributed by atoms with Gasteiger partial charge in [0.25, 0.3) is 0 Å². The van der Waals surface area contributed by atoms with Gasteiger partial charge in [0.2, 0.25) is 0 Å². The monoisotopic (exact) mass is 423 g/mol. The Hall–Kier alpha value is -2.55. The predicted octanol–water partition coefficient (Wildman–Crippen LogP) is 3.10. The summed E-state index contributed by atoms with van der Waals surface area (Å²) in [6.07, 6.45) is 3.64. The molecule has 156 valence electrons. The first-order valence-corrected chi connectivity index (χ1v) is 10.1. The number of carbonyl (C=O) groups excluding carboxylic acids is 2. The molecular weight excluding hydrogens is 401 g/mol. The summed E-state index contributed by atoms with van der Waals surface area (Å²) in [5.41, 5.74) is 0.769. The van der Waals surface area contributed by atoms with Crippen molar-refractivity contribution in [2.75, 3.05) is 20.1 Å². The van der Waals surface area contributed by atoms with Gasteiger partial charge in [0.15, 0.2) is 5.58 Å². The van der Waals surface area contributed by atoms with Gasteiger partial charge < -0.3 is 25.0 Å². The maximum atomic E-state index is 13.6. The SMILES string of the molecule is CNC(=O)N1CCC[C@@H](N(C(=O)NCc2noc3cc(F)c(Cl)cc23)C2CC2)C1. The number of hydrogen-bond acceptors (Lipinski definition) is 4. The fourth-order valence-electron chi connectivity index (χ4n) is 3.87. The van der Waals surface area contributed by atoms with E-state index >= 15 is 0 Å². The number of amides is 4. The third kappa shape index (κ3) is 4.10. The van der Waals surface area contributed by atoms with Gasteiger partial charge in [-0.2, -0.15) is 0 Å². The van der Waals surface area contributed by atoms with E-state index in [9.17, 15) is 14.0 Å². The van der Waals surface area contributed by atoms with Crippen LogP contribution in [0.4, 0.5) is 14.0 Å². The number of benzene rings is 1. The number of halogens is 2. The third-order valence-corrected chi connectivity index (χ3v) is 5.75. The molecule has 8 nitrogen and oxygen atoms in total. The van der Waals surface area contributed by atoms with E-state index in [0.29, 0.717) is 24.2 Å². The van der Waals surface area contributed by atoms with Crippen molar-refractivity contribution >= 4 is 34.6 Å². The van der Waals surface area contributed by atoms with E-state index in [2.05, 4.69) is 15.8 Å². The number of aromatic nitrogens is 1. The maximum Gasteiger partial charge on any atom is 0.318 e. The van der Waals surface area contributed by atoms with Crippen LogP contribution in [0, 0.1) is 5.82 Å². The van der Waals surface area contributed by atoms with E-state index in [0.717, 1.165) is 25.7 Å². The predicted molar refractivity (Wildman–Crippen MR) is 105 cm³/mol. The minimum atomic E-state index is -0.580. The molecular formula is C19H23ClFN5O3. The van der Waals surface area contributed by atoms with Gasteiger partial charge >= 0.3 is 12.1 Å². The number of carbonyl (C=O) groups is 2. The highest BCUT2D eigenvalue weighted by Crippen LogP contribution is 2.32. The second-order valence-electron chi connectivity index (χ2n) is 7.49. The molecule has 0 radical (unpaired) electrons. The third-order valence-electron chi connectivity index (χ3n) is 5.46. The number of nitrogens with zero attached hydrogens (tertiary/aromatic N) is 3. The Labute approximate surface area is 172 Å². The summed E-state index contributed by atoms with van der Waals surface area (Å²) in [6.45, 7) is 1.35. The van der Waals surface area contributed by atoms with Crippen molar-refractivity contribution in [2.24, 2.45) is 0 Å². The molecule has 1 saturated carbocycles. The zero-order valence-corrected chi connectivity index (χ0v) is 16.8. The fourth-order valence-corrected chi connectivity index (χ4v) is 4.03. The average molecular weight is 424 g/mol. The van der Waals surface area contributed by atoms with Crippen molar-refractivity contribution in [3.05, 3.63) is 28.7 Å². The van der Waals surface area contributed by atoms with Crippen molar-refractivity contribution in [3.63, 3.8) is 0 Å². The molecule has 4 rings (SSSR count). The normalized spacial score (nSPS) is 19.3. The zero-order chi connectivity index (χ0) is 20.5. The number of hydrogen-bond donors (Lipinski definition) is 2. The minimum absolute atomic E-state index is 0.0221. The molecule has 2 aromatic rings. The largest absolute Gasteiger partial charge is 0.356 e. The first-order chi connectivity index (χ1) is 14.0. The van der Waals surface area contributed by atoms with Gasteiger partial charge in [0, 0.05) is 37.6 Å². The van der Waals surface area contributed by atoms with Crippen molar-refractivity contribution in [3.8, 4) is 0 Å². The molecule has 2 fully saturated rings. The molecule has 1 aromatic carbocycles. The lowest BCUT2D eigenvalue weighted by molar-refractivity contribution is 0.116. The molecule has 2 aliphatic rings. The summed E-state index contributed by atoms with van der Waals surface area (Å²) in [5.74, 6) is -0.580. The number of piperidine rings is 1. The van der Waals surface area contributed by atoms with Gasteiger partial charge in [-0.25, -0.2) is 14.0 Å².